The minimum Gasteiger partial charge on any atom is -0.375 e. The van der Waals surface area contributed by atoms with Gasteiger partial charge in [-0.25, -0.2) is 4.39 Å². The Balaban J connectivity index is 2.15. The van der Waals surface area contributed by atoms with Crippen molar-refractivity contribution in [1.82, 2.24) is 0 Å². The lowest BCUT2D eigenvalue weighted by atomic mass is 9.94. The molecule has 0 aliphatic carbocycles. The average Bonchev–Trinajstić information content (AvgIpc) is 2.44. The molecule has 0 aliphatic heterocycles. The minimum atomic E-state index is -0.217. The smallest absolute Gasteiger partial charge is 0.123 e. The third-order valence-corrected chi connectivity index (χ3v) is 3.53. The summed E-state index contributed by atoms with van der Waals surface area (Å²) in [5.41, 5.74) is 9.31. The SMILES string of the molecule is COC(c1ccccc1)C(N)Cc1ccc(F)cc1C. The van der Waals surface area contributed by atoms with Gasteiger partial charge in [0.05, 0.1) is 6.10 Å². The molecule has 3 heteroatoms. The second-order valence-corrected chi connectivity index (χ2v) is 5.01. The van der Waals surface area contributed by atoms with Crippen LogP contribution >= 0.6 is 0 Å². The van der Waals surface area contributed by atoms with E-state index in [0.717, 1.165) is 16.7 Å². The van der Waals surface area contributed by atoms with Gasteiger partial charge in [0.25, 0.3) is 0 Å². The molecule has 0 aliphatic rings. The lowest BCUT2D eigenvalue weighted by molar-refractivity contribution is 0.0802. The molecule has 20 heavy (non-hydrogen) atoms. The highest BCUT2D eigenvalue weighted by molar-refractivity contribution is 5.28. The summed E-state index contributed by atoms with van der Waals surface area (Å²) >= 11 is 0. The Morgan fingerprint density at radius 2 is 1.85 bits per heavy atom. The van der Waals surface area contributed by atoms with E-state index in [-0.39, 0.29) is 18.0 Å². The van der Waals surface area contributed by atoms with E-state index in [1.807, 2.05) is 37.3 Å². The topological polar surface area (TPSA) is 35.2 Å². The van der Waals surface area contributed by atoms with E-state index in [9.17, 15) is 4.39 Å². The molecule has 106 valence electrons. The maximum atomic E-state index is 13.1. The van der Waals surface area contributed by atoms with Gasteiger partial charge >= 0.3 is 0 Å². The van der Waals surface area contributed by atoms with E-state index in [2.05, 4.69) is 0 Å². The number of ether oxygens (including phenoxy) is 1. The number of aryl methyl sites for hydroxylation is 1. The van der Waals surface area contributed by atoms with Crippen molar-refractivity contribution in [3.05, 3.63) is 71.0 Å². The van der Waals surface area contributed by atoms with Crippen LogP contribution in [0.3, 0.4) is 0 Å². The van der Waals surface area contributed by atoms with Gasteiger partial charge in [-0.3, -0.25) is 0 Å². The van der Waals surface area contributed by atoms with Crippen LogP contribution in [0.15, 0.2) is 48.5 Å². The largest absolute Gasteiger partial charge is 0.375 e. The second-order valence-electron chi connectivity index (χ2n) is 5.01. The summed E-state index contributed by atoms with van der Waals surface area (Å²) in [5, 5.41) is 0. The summed E-state index contributed by atoms with van der Waals surface area (Å²) in [6.45, 7) is 1.90. The van der Waals surface area contributed by atoms with Crippen LogP contribution in [0.5, 0.6) is 0 Å². The van der Waals surface area contributed by atoms with Crippen molar-refractivity contribution < 1.29 is 9.13 Å². The lowest BCUT2D eigenvalue weighted by Gasteiger charge is -2.23. The summed E-state index contributed by atoms with van der Waals surface area (Å²) in [4.78, 5) is 0. The molecule has 0 saturated heterocycles. The third kappa shape index (κ3) is 3.44. The van der Waals surface area contributed by atoms with Crippen molar-refractivity contribution in [1.29, 1.82) is 0 Å². The van der Waals surface area contributed by atoms with Gasteiger partial charge in [-0.05, 0) is 42.2 Å². The van der Waals surface area contributed by atoms with Gasteiger partial charge in [-0.1, -0.05) is 36.4 Å². The van der Waals surface area contributed by atoms with Crippen LogP contribution in [0.2, 0.25) is 0 Å². The lowest BCUT2D eigenvalue weighted by Crippen LogP contribution is -2.32. The van der Waals surface area contributed by atoms with Crippen LogP contribution in [-0.4, -0.2) is 13.2 Å². The quantitative estimate of drug-likeness (QED) is 0.906. The van der Waals surface area contributed by atoms with Crippen molar-refractivity contribution in [2.75, 3.05) is 7.11 Å². The molecule has 0 aromatic heterocycles. The second kappa shape index (κ2) is 6.64. The molecule has 2 nitrogen and oxygen atoms in total. The Labute approximate surface area is 119 Å². The first-order chi connectivity index (χ1) is 9.61. The van der Waals surface area contributed by atoms with Gasteiger partial charge in [0.15, 0.2) is 0 Å². The Hall–Kier alpha value is -1.71. The number of hydrogen-bond acceptors (Lipinski definition) is 2. The van der Waals surface area contributed by atoms with Gasteiger partial charge in [-0.15, -0.1) is 0 Å². The van der Waals surface area contributed by atoms with Crippen molar-refractivity contribution in [3.8, 4) is 0 Å². The van der Waals surface area contributed by atoms with Crippen LogP contribution in [0.4, 0.5) is 4.39 Å². The van der Waals surface area contributed by atoms with Crippen LogP contribution in [0, 0.1) is 12.7 Å². The highest BCUT2D eigenvalue weighted by Crippen LogP contribution is 2.23. The predicted molar refractivity (Wildman–Crippen MR) is 79.0 cm³/mol. The van der Waals surface area contributed by atoms with E-state index in [0.29, 0.717) is 6.42 Å². The monoisotopic (exact) mass is 273 g/mol. The molecule has 2 aromatic carbocycles. The number of nitrogens with two attached hydrogens (primary N) is 1. The number of rotatable bonds is 5. The number of methoxy groups -OCH3 is 1. The molecule has 2 unspecified atom stereocenters. The Morgan fingerprint density at radius 1 is 1.15 bits per heavy atom. The Kier molecular flexibility index (Phi) is 4.88. The molecular weight excluding hydrogens is 253 g/mol. The van der Waals surface area contributed by atoms with Gasteiger partial charge in [0.2, 0.25) is 0 Å². The standard InChI is InChI=1S/C17H20FNO/c1-12-10-15(18)9-8-14(12)11-16(19)17(20-2)13-6-4-3-5-7-13/h3-10,16-17H,11,19H2,1-2H3. The first-order valence-electron chi connectivity index (χ1n) is 6.70. The first-order valence-corrected chi connectivity index (χ1v) is 6.70. The van der Waals surface area contributed by atoms with Crippen molar-refractivity contribution in [2.45, 2.75) is 25.5 Å². The van der Waals surface area contributed by atoms with E-state index >= 15 is 0 Å². The minimum absolute atomic E-state index is 0.166. The van der Waals surface area contributed by atoms with E-state index in [1.54, 1.807) is 13.2 Å². The summed E-state index contributed by atoms with van der Waals surface area (Å²) in [7, 11) is 1.66. The van der Waals surface area contributed by atoms with Crippen LogP contribution in [-0.2, 0) is 11.2 Å². The number of benzene rings is 2. The fourth-order valence-electron chi connectivity index (χ4n) is 2.45. The molecule has 0 radical (unpaired) electrons. The van der Waals surface area contributed by atoms with Crippen LogP contribution in [0.1, 0.15) is 22.8 Å². The van der Waals surface area contributed by atoms with Gasteiger partial charge in [-0.2, -0.15) is 0 Å². The zero-order valence-electron chi connectivity index (χ0n) is 11.8. The Morgan fingerprint density at radius 3 is 2.45 bits per heavy atom. The molecule has 2 atom stereocenters. The predicted octanol–water partition coefficient (Wildman–Crippen LogP) is 3.39. The molecule has 2 N–H and O–H groups in total. The highest BCUT2D eigenvalue weighted by Gasteiger charge is 2.20. The van der Waals surface area contributed by atoms with Crippen molar-refractivity contribution in [2.24, 2.45) is 5.73 Å². The average molecular weight is 273 g/mol. The molecule has 0 fully saturated rings. The summed E-state index contributed by atoms with van der Waals surface area (Å²) in [6.07, 6.45) is 0.486. The molecule has 0 spiro atoms. The van der Waals surface area contributed by atoms with Crippen molar-refractivity contribution >= 4 is 0 Å². The molecule has 0 amide bonds. The van der Waals surface area contributed by atoms with Crippen LogP contribution < -0.4 is 5.73 Å². The highest BCUT2D eigenvalue weighted by atomic mass is 19.1. The zero-order valence-corrected chi connectivity index (χ0v) is 11.8. The molecule has 2 rings (SSSR count). The maximum Gasteiger partial charge on any atom is 0.123 e. The molecule has 0 saturated carbocycles. The molecular formula is C17H20FNO. The zero-order chi connectivity index (χ0) is 14.5. The molecule has 0 heterocycles. The normalized spacial score (nSPS) is 14.0. The van der Waals surface area contributed by atoms with Gasteiger partial charge in [0, 0.05) is 13.2 Å². The van der Waals surface area contributed by atoms with E-state index in [1.165, 1.54) is 12.1 Å². The fraction of sp³-hybridized carbons (Fsp3) is 0.294. The maximum absolute atomic E-state index is 13.1. The van der Waals surface area contributed by atoms with Gasteiger partial charge in [0.1, 0.15) is 5.82 Å². The van der Waals surface area contributed by atoms with E-state index in [4.69, 9.17) is 10.5 Å². The van der Waals surface area contributed by atoms with Crippen LogP contribution in [0.25, 0.3) is 0 Å². The number of halogens is 1. The van der Waals surface area contributed by atoms with Crippen molar-refractivity contribution in [3.63, 3.8) is 0 Å². The Bertz CT molecular complexity index is 556. The fourth-order valence-corrected chi connectivity index (χ4v) is 2.45. The number of hydrogen-bond donors (Lipinski definition) is 1. The summed E-state index contributed by atoms with van der Waals surface area (Å²) < 4.78 is 18.7. The summed E-state index contributed by atoms with van der Waals surface area (Å²) in [6, 6.07) is 14.5. The molecule has 2 aromatic rings. The van der Waals surface area contributed by atoms with Gasteiger partial charge < -0.3 is 10.5 Å². The first kappa shape index (κ1) is 14.7. The third-order valence-electron chi connectivity index (χ3n) is 3.53. The summed E-state index contributed by atoms with van der Waals surface area (Å²) in [5.74, 6) is -0.217. The molecule has 0 bridgehead atoms. The van der Waals surface area contributed by atoms with E-state index < -0.39 is 0 Å².